The largest absolute Gasteiger partial charge is 0.444 e. The maximum Gasteiger partial charge on any atom is 0.410 e. The van der Waals surface area contributed by atoms with Gasteiger partial charge in [-0.3, -0.25) is 4.90 Å². The third-order valence-electron chi connectivity index (χ3n) is 5.48. The number of hydrogen-bond acceptors (Lipinski definition) is 4. The van der Waals surface area contributed by atoms with E-state index in [2.05, 4.69) is 26.0 Å². The summed E-state index contributed by atoms with van der Waals surface area (Å²) in [7, 11) is 0. The average Bonchev–Trinajstić information content (AvgIpc) is 2.49. The van der Waals surface area contributed by atoms with Crippen LogP contribution in [0.4, 0.5) is 4.79 Å². The fraction of sp³-hybridized carbons (Fsp3) is 0.667. The topological polar surface area (TPSA) is 59.0 Å². The summed E-state index contributed by atoms with van der Waals surface area (Å²) in [5.41, 5.74) is 2.30. The van der Waals surface area contributed by atoms with E-state index in [-0.39, 0.29) is 18.2 Å². The number of morpholine rings is 1. The van der Waals surface area contributed by atoms with Crippen LogP contribution in [0.15, 0.2) is 18.2 Å². The molecule has 5 heteroatoms. The normalized spacial score (nSPS) is 28.8. The Balaban J connectivity index is 1.78. The Labute approximate surface area is 156 Å². The molecule has 2 saturated heterocycles. The lowest BCUT2D eigenvalue weighted by Gasteiger charge is -2.51. The zero-order valence-electron chi connectivity index (χ0n) is 16.5. The Kier molecular flexibility index (Phi) is 5.06. The number of benzene rings is 1. The van der Waals surface area contributed by atoms with Crippen LogP contribution >= 0.6 is 0 Å². The fourth-order valence-corrected chi connectivity index (χ4v) is 4.19. The molecule has 2 aliphatic rings. The third kappa shape index (κ3) is 4.04. The van der Waals surface area contributed by atoms with Gasteiger partial charge in [-0.2, -0.15) is 0 Å². The number of aryl methyl sites for hydroxylation is 1. The molecule has 1 aromatic carbocycles. The molecule has 1 N–H and O–H groups in total. The Morgan fingerprint density at radius 1 is 1.27 bits per heavy atom. The van der Waals surface area contributed by atoms with Crippen LogP contribution in [0.5, 0.6) is 0 Å². The van der Waals surface area contributed by atoms with Crippen LogP contribution in [-0.4, -0.2) is 52.6 Å². The van der Waals surface area contributed by atoms with Crippen LogP contribution in [0.3, 0.4) is 0 Å². The van der Waals surface area contributed by atoms with Gasteiger partial charge in [-0.05, 0) is 64.2 Å². The quantitative estimate of drug-likeness (QED) is 0.877. The van der Waals surface area contributed by atoms with Crippen molar-refractivity contribution in [2.24, 2.45) is 0 Å². The molecule has 2 heterocycles. The number of hydrogen-bond donors (Lipinski definition) is 1. The predicted molar refractivity (Wildman–Crippen MR) is 100 cm³/mol. The van der Waals surface area contributed by atoms with Crippen molar-refractivity contribution in [1.29, 1.82) is 0 Å². The molecule has 3 rings (SSSR count). The van der Waals surface area contributed by atoms with Gasteiger partial charge in [0.2, 0.25) is 0 Å². The first-order chi connectivity index (χ1) is 12.1. The van der Waals surface area contributed by atoms with Crippen molar-refractivity contribution in [1.82, 2.24) is 4.90 Å². The highest BCUT2D eigenvalue weighted by atomic mass is 16.6. The van der Waals surface area contributed by atoms with Crippen molar-refractivity contribution < 1.29 is 19.4 Å². The van der Waals surface area contributed by atoms with Crippen LogP contribution in [0.25, 0.3) is 0 Å². The molecule has 5 nitrogen and oxygen atoms in total. The van der Waals surface area contributed by atoms with Crippen molar-refractivity contribution in [2.45, 2.75) is 77.2 Å². The SMILES string of the molecule is Cc1cccc(CC2(O)CC3COCC(C2)N3C(=O)OC(C)(C)C)c1C. The van der Waals surface area contributed by atoms with Gasteiger partial charge in [0.1, 0.15) is 5.60 Å². The van der Waals surface area contributed by atoms with Gasteiger partial charge in [0.15, 0.2) is 0 Å². The number of piperidine rings is 1. The molecule has 0 aliphatic carbocycles. The molecule has 1 aromatic rings. The zero-order valence-corrected chi connectivity index (χ0v) is 16.5. The number of carbonyl (C=O) groups is 1. The van der Waals surface area contributed by atoms with Gasteiger partial charge in [-0.25, -0.2) is 4.79 Å². The van der Waals surface area contributed by atoms with Gasteiger partial charge < -0.3 is 14.6 Å². The number of nitrogens with zero attached hydrogens (tertiary/aromatic N) is 1. The second kappa shape index (κ2) is 6.86. The van der Waals surface area contributed by atoms with E-state index in [0.717, 1.165) is 0 Å². The van der Waals surface area contributed by atoms with E-state index in [4.69, 9.17) is 9.47 Å². The first-order valence-electron chi connectivity index (χ1n) is 9.44. The first-order valence-corrected chi connectivity index (χ1v) is 9.44. The zero-order chi connectivity index (χ0) is 19.1. The molecular formula is C21H31NO4. The maximum atomic E-state index is 12.7. The van der Waals surface area contributed by atoms with Crippen molar-refractivity contribution >= 4 is 6.09 Å². The molecule has 0 spiro atoms. The average molecular weight is 361 g/mol. The second-order valence-corrected chi connectivity index (χ2v) is 8.90. The monoisotopic (exact) mass is 361 g/mol. The lowest BCUT2D eigenvalue weighted by atomic mass is 9.77. The van der Waals surface area contributed by atoms with E-state index in [1.165, 1.54) is 16.7 Å². The smallest absolute Gasteiger partial charge is 0.410 e. The van der Waals surface area contributed by atoms with Gasteiger partial charge in [0.25, 0.3) is 0 Å². The molecule has 2 aliphatic heterocycles. The standard InChI is InChI=1S/C21H31NO4/c1-14-7-6-8-16(15(14)2)9-21(24)10-17-12-25-13-18(11-21)22(17)19(23)26-20(3,4)5/h6-8,17-18,24H,9-13H2,1-5H3. The van der Waals surface area contributed by atoms with Crippen LogP contribution in [0.1, 0.15) is 50.3 Å². The highest BCUT2D eigenvalue weighted by Gasteiger charge is 2.49. The summed E-state index contributed by atoms with van der Waals surface area (Å²) in [6.45, 7) is 10.7. The second-order valence-electron chi connectivity index (χ2n) is 8.90. The summed E-state index contributed by atoms with van der Waals surface area (Å²) in [6, 6.07) is 5.93. The number of fused-ring (bicyclic) bond motifs is 2. The van der Waals surface area contributed by atoms with Crippen molar-refractivity contribution in [3.05, 3.63) is 34.9 Å². The number of rotatable bonds is 2. The molecule has 26 heavy (non-hydrogen) atoms. The van der Waals surface area contributed by atoms with Gasteiger partial charge in [-0.1, -0.05) is 18.2 Å². The van der Waals surface area contributed by atoms with Crippen LogP contribution < -0.4 is 0 Å². The molecule has 0 radical (unpaired) electrons. The van der Waals surface area contributed by atoms with E-state index >= 15 is 0 Å². The fourth-order valence-electron chi connectivity index (χ4n) is 4.19. The van der Waals surface area contributed by atoms with E-state index in [9.17, 15) is 9.90 Å². The van der Waals surface area contributed by atoms with Crippen LogP contribution in [0, 0.1) is 13.8 Å². The van der Waals surface area contributed by atoms with Gasteiger partial charge in [0.05, 0.1) is 30.9 Å². The molecule has 2 atom stereocenters. The van der Waals surface area contributed by atoms with Crippen molar-refractivity contribution in [2.75, 3.05) is 13.2 Å². The third-order valence-corrected chi connectivity index (χ3v) is 5.48. The van der Waals surface area contributed by atoms with E-state index < -0.39 is 11.2 Å². The minimum atomic E-state index is -0.823. The van der Waals surface area contributed by atoms with E-state index in [1.807, 2.05) is 26.8 Å². The lowest BCUT2D eigenvalue weighted by Crippen LogP contribution is -2.64. The van der Waals surface area contributed by atoms with Gasteiger partial charge in [-0.15, -0.1) is 0 Å². The molecule has 2 fully saturated rings. The molecule has 0 aromatic heterocycles. The molecule has 144 valence electrons. The summed E-state index contributed by atoms with van der Waals surface area (Å²) >= 11 is 0. The van der Waals surface area contributed by atoms with Crippen LogP contribution in [0.2, 0.25) is 0 Å². The minimum Gasteiger partial charge on any atom is -0.444 e. The lowest BCUT2D eigenvalue weighted by molar-refractivity contribution is -0.137. The highest BCUT2D eigenvalue weighted by Crippen LogP contribution is 2.38. The molecule has 2 bridgehead atoms. The Hall–Kier alpha value is -1.59. The number of carbonyl (C=O) groups excluding carboxylic acids is 1. The molecule has 0 saturated carbocycles. The minimum absolute atomic E-state index is 0.146. The number of aliphatic hydroxyl groups is 1. The number of amides is 1. The maximum absolute atomic E-state index is 12.7. The van der Waals surface area contributed by atoms with Crippen LogP contribution in [-0.2, 0) is 15.9 Å². The summed E-state index contributed by atoms with van der Waals surface area (Å²) in [6.07, 6.45) is 1.33. The summed E-state index contributed by atoms with van der Waals surface area (Å²) in [5.74, 6) is 0. The van der Waals surface area contributed by atoms with Gasteiger partial charge >= 0.3 is 6.09 Å². The number of ether oxygens (including phenoxy) is 2. The van der Waals surface area contributed by atoms with Crippen molar-refractivity contribution in [3.8, 4) is 0 Å². The summed E-state index contributed by atoms with van der Waals surface area (Å²) in [4.78, 5) is 14.5. The van der Waals surface area contributed by atoms with Crippen molar-refractivity contribution in [3.63, 3.8) is 0 Å². The van der Waals surface area contributed by atoms with E-state index in [0.29, 0.717) is 32.5 Å². The first kappa shape index (κ1) is 19.2. The van der Waals surface area contributed by atoms with E-state index in [1.54, 1.807) is 4.90 Å². The molecule has 1 amide bonds. The Bertz CT molecular complexity index is 665. The summed E-state index contributed by atoms with van der Waals surface area (Å²) in [5, 5.41) is 11.3. The highest BCUT2D eigenvalue weighted by molar-refractivity contribution is 5.69. The Morgan fingerprint density at radius 2 is 1.88 bits per heavy atom. The molecule has 2 unspecified atom stereocenters. The Morgan fingerprint density at radius 3 is 2.46 bits per heavy atom. The predicted octanol–water partition coefficient (Wildman–Crippen LogP) is 3.38. The molecular weight excluding hydrogens is 330 g/mol. The van der Waals surface area contributed by atoms with Gasteiger partial charge in [0, 0.05) is 6.42 Å². The summed E-state index contributed by atoms with van der Waals surface area (Å²) < 4.78 is 11.3.